The van der Waals surface area contributed by atoms with E-state index in [-0.39, 0.29) is 18.5 Å². The van der Waals surface area contributed by atoms with Crippen molar-refractivity contribution in [1.29, 1.82) is 0 Å². The van der Waals surface area contributed by atoms with Crippen molar-refractivity contribution in [3.8, 4) is 0 Å². The van der Waals surface area contributed by atoms with Crippen molar-refractivity contribution < 1.29 is 13.9 Å². The maximum absolute atomic E-state index is 6.80. The summed E-state index contributed by atoms with van der Waals surface area (Å²) in [5.41, 5.74) is 2.79. The molecule has 1 aromatic carbocycles. The van der Waals surface area contributed by atoms with Gasteiger partial charge in [0.1, 0.15) is 0 Å². The van der Waals surface area contributed by atoms with Gasteiger partial charge in [-0.2, -0.15) is 0 Å². The standard InChI is InChI=1S/C23H38O3Si/c1-8-12-21-15-22(26-23(25-21)20-13-10-9-11-14-20)16-24-27(17(2)3,18(4)5)19(6)7/h8-11,13-14,17-19,21-23H,1,12,15-16H2,2-7H3/t21-,22+,23+/m1/s1. The van der Waals surface area contributed by atoms with E-state index in [9.17, 15) is 0 Å². The molecule has 1 fully saturated rings. The Labute approximate surface area is 167 Å². The van der Waals surface area contributed by atoms with Gasteiger partial charge in [-0.3, -0.25) is 0 Å². The molecule has 0 bridgehead atoms. The van der Waals surface area contributed by atoms with Crippen LogP contribution in [-0.2, 0) is 13.9 Å². The zero-order valence-corrected chi connectivity index (χ0v) is 19.0. The third kappa shape index (κ3) is 5.32. The minimum absolute atomic E-state index is 0.0528. The zero-order chi connectivity index (χ0) is 20.0. The molecule has 27 heavy (non-hydrogen) atoms. The van der Waals surface area contributed by atoms with Crippen molar-refractivity contribution in [2.75, 3.05) is 6.61 Å². The Kier molecular flexibility index (Phi) is 8.29. The van der Waals surface area contributed by atoms with E-state index >= 15 is 0 Å². The Morgan fingerprint density at radius 2 is 1.56 bits per heavy atom. The predicted octanol–water partition coefficient (Wildman–Crippen LogP) is 6.63. The van der Waals surface area contributed by atoms with Crippen LogP contribution in [0.15, 0.2) is 43.0 Å². The Morgan fingerprint density at radius 1 is 1.00 bits per heavy atom. The molecule has 1 aliphatic rings. The maximum atomic E-state index is 6.80. The summed E-state index contributed by atoms with van der Waals surface area (Å²) in [6.07, 6.45) is 3.48. The molecule has 152 valence electrons. The van der Waals surface area contributed by atoms with E-state index in [1.165, 1.54) is 0 Å². The van der Waals surface area contributed by atoms with Gasteiger partial charge in [-0.1, -0.05) is 78.0 Å². The van der Waals surface area contributed by atoms with Gasteiger partial charge < -0.3 is 13.9 Å². The molecular formula is C23H38O3Si. The molecular weight excluding hydrogens is 352 g/mol. The van der Waals surface area contributed by atoms with Crippen molar-refractivity contribution in [2.24, 2.45) is 0 Å². The van der Waals surface area contributed by atoms with Gasteiger partial charge >= 0.3 is 0 Å². The van der Waals surface area contributed by atoms with E-state index in [1.54, 1.807) is 0 Å². The molecule has 0 amide bonds. The topological polar surface area (TPSA) is 27.7 Å². The van der Waals surface area contributed by atoms with Crippen LogP contribution in [0.3, 0.4) is 0 Å². The molecule has 1 saturated heterocycles. The Hall–Kier alpha value is -0.943. The van der Waals surface area contributed by atoms with E-state index in [0.717, 1.165) is 18.4 Å². The quantitative estimate of drug-likeness (QED) is 0.350. The second-order valence-electron chi connectivity index (χ2n) is 8.65. The van der Waals surface area contributed by atoms with Crippen molar-refractivity contribution in [1.82, 2.24) is 0 Å². The highest BCUT2D eigenvalue weighted by Crippen LogP contribution is 2.43. The first-order valence-corrected chi connectivity index (χ1v) is 12.6. The molecule has 0 saturated carbocycles. The smallest absolute Gasteiger partial charge is 0.200 e. The fourth-order valence-electron chi connectivity index (χ4n) is 4.74. The molecule has 1 aromatic rings. The van der Waals surface area contributed by atoms with E-state index in [4.69, 9.17) is 13.9 Å². The molecule has 0 N–H and O–H groups in total. The minimum Gasteiger partial charge on any atom is -0.413 e. The normalized spacial score (nSPS) is 24.0. The number of hydrogen-bond acceptors (Lipinski definition) is 3. The monoisotopic (exact) mass is 390 g/mol. The SMILES string of the molecule is C=CC[C@@H]1C[C@@H](CO[Si](C(C)C)(C(C)C)C(C)C)O[C@@H](c2ccccc2)O1. The zero-order valence-electron chi connectivity index (χ0n) is 18.0. The van der Waals surface area contributed by atoms with Crippen LogP contribution in [0.4, 0.5) is 0 Å². The summed E-state index contributed by atoms with van der Waals surface area (Å²) in [6.45, 7) is 18.5. The first-order valence-electron chi connectivity index (χ1n) is 10.4. The number of ether oxygens (including phenoxy) is 2. The van der Waals surface area contributed by atoms with Crippen LogP contribution >= 0.6 is 0 Å². The van der Waals surface area contributed by atoms with E-state index in [2.05, 4.69) is 60.3 Å². The number of rotatable bonds is 9. The third-order valence-corrected chi connectivity index (χ3v) is 12.0. The van der Waals surface area contributed by atoms with Gasteiger partial charge in [0, 0.05) is 12.0 Å². The summed E-state index contributed by atoms with van der Waals surface area (Å²) in [5.74, 6) is 0. The van der Waals surface area contributed by atoms with Crippen molar-refractivity contribution in [3.63, 3.8) is 0 Å². The second-order valence-corrected chi connectivity index (χ2v) is 14.1. The van der Waals surface area contributed by atoms with Gasteiger partial charge in [0.05, 0.1) is 18.8 Å². The molecule has 3 nitrogen and oxygen atoms in total. The highest BCUT2D eigenvalue weighted by Gasteiger charge is 2.46. The predicted molar refractivity (Wildman–Crippen MR) is 115 cm³/mol. The van der Waals surface area contributed by atoms with Gasteiger partial charge in [0.2, 0.25) is 0 Å². The molecule has 3 atom stereocenters. The van der Waals surface area contributed by atoms with Crippen LogP contribution < -0.4 is 0 Å². The first kappa shape index (κ1) is 22.3. The summed E-state index contributed by atoms with van der Waals surface area (Å²) >= 11 is 0. The van der Waals surface area contributed by atoms with Crippen molar-refractivity contribution >= 4 is 8.32 Å². The highest BCUT2D eigenvalue weighted by molar-refractivity contribution is 6.77. The van der Waals surface area contributed by atoms with Crippen molar-refractivity contribution in [2.45, 2.75) is 89.5 Å². The molecule has 0 radical (unpaired) electrons. The van der Waals surface area contributed by atoms with Gasteiger partial charge in [0.25, 0.3) is 0 Å². The molecule has 1 aliphatic heterocycles. The summed E-state index contributed by atoms with van der Waals surface area (Å²) in [7, 11) is -1.89. The molecule has 4 heteroatoms. The second kappa shape index (κ2) is 10.0. The lowest BCUT2D eigenvalue weighted by atomic mass is 10.1. The lowest BCUT2D eigenvalue weighted by Crippen LogP contribution is -2.50. The summed E-state index contributed by atoms with van der Waals surface area (Å²) in [4.78, 5) is 0. The van der Waals surface area contributed by atoms with Gasteiger partial charge in [-0.05, 0) is 23.0 Å². The fraction of sp³-hybridized carbons (Fsp3) is 0.652. The van der Waals surface area contributed by atoms with Crippen LogP contribution in [0.2, 0.25) is 16.6 Å². The first-order chi connectivity index (χ1) is 12.8. The van der Waals surface area contributed by atoms with Gasteiger partial charge in [0.15, 0.2) is 14.6 Å². The Bertz CT molecular complexity index is 548. The van der Waals surface area contributed by atoms with E-state index < -0.39 is 8.32 Å². The molecule has 2 rings (SSSR count). The third-order valence-electron chi connectivity index (χ3n) is 5.89. The van der Waals surface area contributed by atoms with Gasteiger partial charge in [-0.25, -0.2) is 0 Å². The van der Waals surface area contributed by atoms with Gasteiger partial charge in [-0.15, -0.1) is 6.58 Å². The number of benzene rings is 1. The average Bonchev–Trinajstić information content (AvgIpc) is 2.62. The van der Waals surface area contributed by atoms with Crippen LogP contribution in [0.1, 0.15) is 66.2 Å². The Morgan fingerprint density at radius 3 is 2.07 bits per heavy atom. The van der Waals surface area contributed by atoms with E-state index in [0.29, 0.717) is 23.2 Å². The molecule has 0 aromatic heterocycles. The van der Waals surface area contributed by atoms with Crippen LogP contribution in [0, 0.1) is 0 Å². The van der Waals surface area contributed by atoms with E-state index in [1.807, 2.05) is 24.3 Å². The van der Waals surface area contributed by atoms with Crippen LogP contribution in [0.5, 0.6) is 0 Å². The average molecular weight is 391 g/mol. The fourth-order valence-corrected chi connectivity index (χ4v) is 10.2. The molecule has 0 unspecified atom stereocenters. The highest BCUT2D eigenvalue weighted by atomic mass is 28.4. The largest absolute Gasteiger partial charge is 0.413 e. The Balaban J connectivity index is 2.14. The summed E-state index contributed by atoms with van der Waals surface area (Å²) in [5, 5.41) is 0. The summed E-state index contributed by atoms with van der Waals surface area (Å²) < 4.78 is 19.3. The summed E-state index contributed by atoms with van der Waals surface area (Å²) in [6, 6.07) is 10.2. The van der Waals surface area contributed by atoms with Crippen molar-refractivity contribution in [3.05, 3.63) is 48.6 Å². The molecule has 0 spiro atoms. The number of hydrogen-bond donors (Lipinski definition) is 0. The molecule has 0 aliphatic carbocycles. The van der Waals surface area contributed by atoms with Crippen LogP contribution in [-0.4, -0.2) is 27.1 Å². The minimum atomic E-state index is -1.89. The maximum Gasteiger partial charge on any atom is 0.200 e. The van der Waals surface area contributed by atoms with Crippen LogP contribution in [0.25, 0.3) is 0 Å². The molecule has 1 heterocycles. The lowest BCUT2D eigenvalue weighted by Gasteiger charge is -2.44. The lowest BCUT2D eigenvalue weighted by molar-refractivity contribution is -0.251.